The summed E-state index contributed by atoms with van der Waals surface area (Å²) in [7, 11) is 3.69. The molecule has 1 amide bonds. The summed E-state index contributed by atoms with van der Waals surface area (Å²) in [5, 5.41) is 11.7. The second kappa shape index (κ2) is 5.96. The highest BCUT2D eigenvalue weighted by atomic mass is 79.9. The lowest BCUT2D eigenvalue weighted by molar-refractivity contribution is 0.0686. The molecule has 0 atom stereocenters. The summed E-state index contributed by atoms with van der Waals surface area (Å²) in [6.45, 7) is 0. The Balaban J connectivity index is 2.33. The molecule has 8 heteroatoms. The Hall–Kier alpha value is -2.35. The smallest absolute Gasteiger partial charge is 0.354 e. The number of nitrogens with one attached hydrogen (secondary N) is 2. The molecule has 2 rings (SSSR count). The number of rotatable bonds is 4. The topological polar surface area (TPSA) is 98.3 Å². The van der Waals surface area contributed by atoms with Gasteiger partial charge in [0.2, 0.25) is 0 Å². The molecular weight excluding hydrogens is 340 g/mol. The van der Waals surface area contributed by atoms with Crippen molar-refractivity contribution in [1.29, 1.82) is 0 Å². The van der Waals surface area contributed by atoms with E-state index >= 15 is 0 Å². The van der Waals surface area contributed by atoms with E-state index in [1.165, 1.54) is 6.33 Å². The number of aromatic amines is 1. The zero-order valence-corrected chi connectivity index (χ0v) is 12.9. The number of benzene rings is 1. The summed E-state index contributed by atoms with van der Waals surface area (Å²) in [6.07, 6.45) is 1.17. The maximum atomic E-state index is 12.2. The molecule has 0 saturated carbocycles. The first-order chi connectivity index (χ1) is 9.90. The minimum absolute atomic E-state index is 0.160. The molecular formula is C13H13BrN4O3. The van der Waals surface area contributed by atoms with Gasteiger partial charge in [-0.2, -0.15) is 0 Å². The first-order valence-corrected chi connectivity index (χ1v) is 6.74. The second-order valence-electron chi connectivity index (χ2n) is 4.44. The van der Waals surface area contributed by atoms with E-state index in [4.69, 9.17) is 5.11 Å². The molecule has 0 spiro atoms. The minimum atomic E-state index is -1.24. The number of imidazole rings is 1. The fraction of sp³-hybridized carbons (Fsp3) is 0.154. The van der Waals surface area contributed by atoms with E-state index in [0.717, 1.165) is 10.2 Å². The third kappa shape index (κ3) is 3.22. The normalized spacial score (nSPS) is 10.2. The third-order valence-corrected chi connectivity index (χ3v) is 3.25. The summed E-state index contributed by atoms with van der Waals surface area (Å²) in [6, 6.07) is 5.42. The Kier molecular flexibility index (Phi) is 4.27. The zero-order valence-electron chi connectivity index (χ0n) is 11.3. The number of anilines is 2. The molecule has 110 valence electrons. The number of carbonyl (C=O) groups is 2. The Bertz CT molecular complexity index is 696. The molecule has 3 N–H and O–H groups in total. The standard InChI is InChI=1S/C13H13BrN4O3/c1-18(2)9-4-3-7(14)5-8(9)17-12(19)10-11(13(20)21)16-6-15-10/h3-6H,1-2H3,(H,15,16)(H,17,19)(H,20,21). The van der Waals surface area contributed by atoms with Crippen LogP contribution >= 0.6 is 15.9 Å². The number of carboxylic acid groups (broad SMARTS) is 1. The van der Waals surface area contributed by atoms with Crippen molar-refractivity contribution < 1.29 is 14.7 Å². The Labute approximate surface area is 129 Å². The lowest BCUT2D eigenvalue weighted by Crippen LogP contribution is -2.19. The van der Waals surface area contributed by atoms with Crippen LogP contribution in [-0.2, 0) is 0 Å². The number of H-pyrrole nitrogens is 1. The maximum Gasteiger partial charge on any atom is 0.354 e. The van der Waals surface area contributed by atoms with Crippen LogP contribution in [0.15, 0.2) is 29.0 Å². The van der Waals surface area contributed by atoms with Crippen LogP contribution in [0.1, 0.15) is 21.0 Å². The average Bonchev–Trinajstić information content (AvgIpc) is 2.87. The highest BCUT2D eigenvalue weighted by Crippen LogP contribution is 2.28. The molecule has 0 saturated heterocycles. The van der Waals surface area contributed by atoms with Crippen molar-refractivity contribution in [3.8, 4) is 0 Å². The highest BCUT2D eigenvalue weighted by Gasteiger charge is 2.20. The molecule has 0 aliphatic carbocycles. The monoisotopic (exact) mass is 352 g/mol. The Morgan fingerprint density at radius 3 is 2.71 bits per heavy atom. The third-order valence-electron chi connectivity index (χ3n) is 2.76. The molecule has 2 aromatic rings. The van der Waals surface area contributed by atoms with Crippen LogP contribution in [0.2, 0.25) is 0 Å². The molecule has 1 aromatic heterocycles. The lowest BCUT2D eigenvalue weighted by Gasteiger charge is -2.18. The van der Waals surface area contributed by atoms with Crippen molar-refractivity contribution in [1.82, 2.24) is 9.97 Å². The largest absolute Gasteiger partial charge is 0.477 e. The van der Waals surface area contributed by atoms with Crippen molar-refractivity contribution in [3.63, 3.8) is 0 Å². The van der Waals surface area contributed by atoms with E-state index in [2.05, 4.69) is 31.2 Å². The molecule has 1 heterocycles. The van der Waals surface area contributed by atoms with Crippen molar-refractivity contribution in [2.45, 2.75) is 0 Å². The van der Waals surface area contributed by atoms with Gasteiger partial charge in [0.1, 0.15) is 0 Å². The van der Waals surface area contributed by atoms with E-state index in [1.807, 2.05) is 31.1 Å². The van der Waals surface area contributed by atoms with Gasteiger partial charge < -0.3 is 20.3 Å². The molecule has 0 bridgehead atoms. The number of aromatic carboxylic acids is 1. The van der Waals surface area contributed by atoms with Crippen LogP contribution in [0.3, 0.4) is 0 Å². The van der Waals surface area contributed by atoms with Crippen molar-refractivity contribution in [3.05, 3.63) is 40.4 Å². The molecule has 0 radical (unpaired) electrons. The average molecular weight is 353 g/mol. The van der Waals surface area contributed by atoms with Crippen molar-refractivity contribution in [2.75, 3.05) is 24.3 Å². The molecule has 7 nitrogen and oxygen atoms in total. The van der Waals surface area contributed by atoms with Crippen molar-refractivity contribution >= 4 is 39.2 Å². The van der Waals surface area contributed by atoms with Crippen LogP contribution in [0, 0.1) is 0 Å². The van der Waals surface area contributed by atoms with Gasteiger partial charge in [0, 0.05) is 18.6 Å². The van der Waals surface area contributed by atoms with E-state index < -0.39 is 11.9 Å². The lowest BCUT2D eigenvalue weighted by atomic mass is 10.2. The van der Waals surface area contributed by atoms with Crippen LogP contribution in [-0.4, -0.2) is 41.0 Å². The van der Waals surface area contributed by atoms with Gasteiger partial charge in [-0.3, -0.25) is 4.79 Å². The number of amides is 1. The maximum absolute atomic E-state index is 12.2. The van der Waals surface area contributed by atoms with Crippen LogP contribution in [0.4, 0.5) is 11.4 Å². The van der Waals surface area contributed by atoms with Gasteiger partial charge in [-0.15, -0.1) is 0 Å². The highest BCUT2D eigenvalue weighted by molar-refractivity contribution is 9.10. The number of carboxylic acids is 1. The number of halogens is 1. The molecule has 0 fully saturated rings. The Morgan fingerprint density at radius 1 is 1.38 bits per heavy atom. The predicted molar refractivity (Wildman–Crippen MR) is 82.0 cm³/mol. The summed E-state index contributed by atoms with van der Waals surface area (Å²) >= 11 is 3.34. The summed E-state index contributed by atoms with van der Waals surface area (Å²) in [4.78, 5) is 31.2. The molecule has 0 aliphatic rings. The summed E-state index contributed by atoms with van der Waals surface area (Å²) < 4.78 is 0.795. The minimum Gasteiger partial charge on any atom is -0.477 e. The van der Waals surface area contributed by atoms with Gasteiger partial charge in [0.15, 0.2) is 11.4 Å². The zero-order chi connectivity index (χ0) is 15.6. The fourth-order valence-electron chi connectivity index (χ4n) is 1.81. The second-order valence-corrected chi connectivity index (χ2v) is 5.36. The van der Waals surface area contributed by atoms with Gasteiger partial charge in [-0.05, 0) is 18.2 Å². The molecule has 0 unspecified atom stereocenters. The van der Waals surface area contributed by atoms with E-state index in [-0.39, 0.29) is 11.4 Å². The van der Waals surface area contributed by atoms with E-state index in [9.17, 15) is 9.59 Å². The molecule has 1 aromatic carbocycles. The van der Waals surface area contributed by atoms with E-state index in [1.54, 1.807) is 6.07 Å². The quantitative estimate of drug-likeness (QED) is 0.783. The van der Waals surface area contributed by atoms with Gasteiger partial charge in [0.25, 0.3) is 5.91 Å². The number of nitrogens with zero attached hydrogens (tertiary/aromatic N) is 2. The summed E-state index contributed by atoms with van der Waals surface area (Å²) in [5.41, 5.74) is 0.943. The number of carbonyl (C=O) groups excluding carboxylic acids is 1. The van der Waals surface area contributed by atoms with Gasteiger partial charge >= 0.3 is 5.97 Å². The fourth-order valence-corrected chi connectivity index (χ4v) is 2.17. The predicted octanol–water partition coefficient (Wildman–Crippen LogP) is 2.19. The van der Waals surface area contributed by atoms with Gasteiger partial charge in [-0.25, -0.2) is 9.78 Å². The van der Waals surface area contributed by atoms with Crippen LogP contribution < -0.4 is 10.2 Å². The first-order valence-electron chi connectivity index (χ1n) is 5.95. The Morgan fingerprint density at radius 2 is 2.10 bits per heavy atom. The van der Waals surface area contributed by atoms with E-state index in [0.29, 0.717) is 5.69 Å². The molecule has 0 aliphatic heterocycles. The molecule has 21 heavy (non-hydrogen) atoms. The van der Waals surface area contributed by atoms with Gasteiger partial charge in [0.05, 0.1) is 17.7 Å². The van der Waals surface area contributed by atoms with Crippen LogP contribution in [0.5, 0.6) is 0 Å². The number of hydrogen-bond acceptors (Lipinski definition) is 4. The summed E-state index contributed by atoms with van der Waals surface area (Å²) in [5.74, 6) is -1.82. The van der Waals surface area contributed by atoms with Crippen LogP contribution in [0.25, 0.3) is 0 Å². The van der Waals surface area contributed by atoms with Gasteiger partial charge in [-0.1, -0.05) is 15.9 Å². The van der Waals surface area contributed by atoms with Crippen molar-refractivity contribution in [2.24, 2.45) is 0 Å². The SMILES string of the molecule is CN(C)c1ccc(Br)cc1NC(=O)c1nc[nH]c1C(=O)O. The number of aromatic nitrogens is 2. The number of hydrogen-bond donors (Lipinski definition) is 3. The first kappa shape index (κ1) is 15.0.